The summed E-state index contributed by atoms with van der Waals surface area (Å²) in [6.07, 6.45) is 0. The summed E-state index contributed by atoms with van der Waals surface area (Å²) >= 11 is 0. The summed E-state index contributed by atoms with van der Waals surface area (Å²) in [4.78, 5) is 14.1. The van der Waals surface area contributed by atoms with Gasteiger partial charge < -0.3 is 20.1 Å². The van der Waals surface area contributed by atoms with Crippen LogP contribution in [0.2, 0.25) is 0 Å². The molecule has 1 fully saturated rings. The number of methoxy groups -OCH3 is 1. The van der Waals surface area contributed by atoms with Crippen LogP contribution in [0.15, 0.2) is 24.3 Å². The van der Waals surface area contributed by atoms with E-state index in [2.05, 4.69) is 12.2 Å². The third-order valence-corrected chi connectivity index (χ3v) is 3.34. The van der Waals surface area contributed by atoms with Crippen molar-refractivity contribution < 1.29 is 14.6 Å². The van der Waals surface area contributed by atoms with Gasteiger partial charge >= 0.3 is 0 Å². The van der Waals surface area contributed by atoms with Crippen molar-refractivity contribution in [2.45, 2.75) is 13.0 Å². The molecule has 0 aliphatic carbocycles. The van der Waals surface area contributed by atoms with Crippen molar-refractivity contribution in [2.24, 2.45) is 5.92 Å². The van der Waals surface area contributed by atoms with Crippen molar-refractivity contribution >= 4 is 11.6 Å². The first-order valence-corrected chi connectivity index (χ1v) is 6.45. The molecule has 2 rings (SSSR count). The zero-order valence-corrected chi connectivity index (χ0v) is 11.3. The van der Waals surface area contributed by atoms with E-state index in [0.717, 1.165) is 18.0 Å². The van der Waals surface area contributed by atoms with Gasteiger partial charge in [0.2, 0.25) is 5.91 Å². The predicted molar refractivity (Wildman–Crippen MR) is 73.4 cm³/mol. The Morgan fingerprint density at radius 3 is 2.68 bits per heavy atom. The van der Waals surface area contributed by atoms with E-state index in [1.54, 1.807) is 12.0 Å². The lowest BCUT2D eigenvalue weighted by molar-refractivity contribution is -0.121. The molecular formula is C14H20N2O3. The monoisotopic (exact) mass is 264 g/mol. The third kappa shape index (κ3) is 3.05. The number of hydrogen-bond acceptors (Lipinski definition) is 4. The normalized spacial score (nSPS) is 24.2. The second kappa shape index (κ2) is 6.04. The molecule has 2 unspecified atom stereocenters. The van der Waals surface area contributed by atoms with Crippen molar-refractivity contribution in [1.82, 2.24) is 5.32 Å². The molecule has 19 heavy (non-hydrogen) atoms. The Bertz CT molecular complexity index is 433. The van der Waals surface area contributed by atoms with Gasteiger partial charge in [-0.15, -0.1) is 0 Å². The summed E-state index contributed by atoms with van der Waals surface area (Å²) in [6.45, 7) is 3.27. The standard InChI is InChI=1S/C14H20N2O3/c1-10-7-15-13(9-17)14(18)16(8-10)11-3-5-12(19-2)6-4-11/h3-6,10,13,15,17H,7-9H2,1-2H3. The molecule has 1 aromatic carbocycles. The molecule has 1 amide bonds. The quantitative estimate of drug-likeness (QED) is 0.840. The molecule has 104 valence electrons. The molecule has 1 aliphatic rings. The number of amides is 1. The number of anilines is 1. The fourth-order valence-corrected chi connectivity index (χ4v) is 2.22. The van der Waals surface area contributed by atoms with E-state index in [1.807, 2.05) is 24.3 Å². The van der Waals surface area contributed by atoms with Gasteiger partial charge in [0.15, 0.2) is 0 Å². The van der Waals surface area contributed by atoms with E-state index < -0.39 is 6.04 Å². The molecule has 1 heterocycles. The topological polar surface area (TPSA) is 61.8 Å². The summed E-state index contributed by atoms with van der Waals surface area (Å²) in [5.74, 6) is 1.01. The van der Waals surface area contributed by atoms with Gasteiger partial charge in [0, 0.05) is 18.8 Å². The maximum atomic E-state index is 12.3. The van der Waals surface area contributed by atoms with Gasteiger partial charge in [0.1, 0.15) is 11.8 Å². The van der Waals surface area contributed by atoms with Crippen LogP contribution in [0.25, 0.3) is 0 Å². The Balaban J connectivity index is 2.25. The number of carbonyl (C=O) groups excluding carboxylic acids is 1. The molecular weight excluding hydrogens is 244 g/mol. The van der Waals surface area contributed by atoms with Crippen molar-refractivity contribution in [3.63, 3.8) is 0 Å². The minimum atomic E-state index is -0.521. The lowest BCUT2D eigenvalue weighted by atomic mass is 10.1. The molecule has 5 heteroatoms. The molecule has 0 bridgehead atoms. The fraction of sp³-hybridized carbons (Fsp3) is 0.500. The number of rotatable bonds is 3. The maximum Gasteiger partial charge on any atom is 0.246 e. The minimum Gasteiger partial charge on any atom is -0.497 e. The first-order valence-electron chi connectivity index (χ1n) is 6.45. The number of ether oxygens (including phenoxy) is 1. The van der Waals surface area contributed by atoms with Gasteiger partial charge in [-0.05, 0) is 30.2 Å². The Labute approximate surface area is 113 Å². The number of hydrogen-bond donors (Lipinski definition) is 2. The second-order valence-corrected chi connectivity index (χ2v) is 4.90. The van der Waals surface area contributed by atoms with E-state index in [4.69, 9.17) is 4.74 Å². The Morgan fingerprint density at radius 1 is 1.42 bits per heavy atom. The molecule has 0 radical (unpaired) electrons. The highest BCUT2D eigenvalue weighted by Crippen LogP contribution is 2.22. The predicted octanol–water partition coefficient (Wildman–Crippen LogP) is 0.628. The van der Waals surface area contributed by atoms with Gasteiger partial charge in [-0.3, -0.25) is 4.79 Å². The van der Waals surface area contributed by atoms with Crippen LogP contribution in [-0.4, -0.2) is 43.9 Å². The number of benzene rings is 1. The van der Waals surface area contributed by atoms with Crippen LogP contribution in [0, 0.1) is 5.92 Å². The van der Waals surface area contributed by atoms with E-state index in [0.29, 0.717) is 12.5 Å². The summed E-state index contributed by atoms with van der Waals surface area (Å²) < 4.78 is 5.12. The first-order chi connectivity index (χ1) is 9.15. The summed E-state index contributed by atoms with van der Waals surface area (Å²) in [5, 5.41) is 12.4. The number of nitrogens with zero attached hydrogens (tertiary/aromatic N) is 1. The molecule has 1 aliphatic heterocycles. The van der Waals surface area contributed by atoms with E-state index >= 15 is 0 Å². The fourth-order valence-electron chi connectivity index (χ4n) is 2.22. The first kappa shape index (κ1) is 13.8. The van der Waals surface area contributed by atoms with Crippen LogP contribution in [0.3, 0.4) is 0 Å². The summed E-state index contributed by atoms with van der Waals surface area (Å²) in [7, 11) is 1.61. The molecule has 1 saturated heterocycles. The van der Waals surface area contributed by atoms with Gasteiger partial charge in [-0.1, -0.05) is 6.92 Å². The highest BCUT2D eigenvalue weighted by Gasteiger charge is 2.29. The van der Waals surface area contributed by atoms with E-state index in [-0.39, 0.29) is 12.5 Å². The van der Waals surface area contributed by atoms with Gasteiger partial charge in [-0.2, -0.15) is 0 Å². The van der Waals surface area contributed by atoms with Crippen LogP contribution in [0.4, 0.5) is 5.69 Å². The summed E-state index contributed by atoms with van der Waals surface area (Å²) in [6, 6.07) is 6.87. The van der Waals surface area contributed by atoms with E-state index in [1.165, 1.54) is 0 Å². The number of carbonyl (C=O) groups is 1. The molecule has 1 aromatic rings. The molecule has 0 aromatic heterocycles. The van der Waals surface area contributed by atoms with Gasteiger partial charge in [0.05, 0.1) is 13.7 Å². The lowest BCUT2D eigenvalue weighted by Crippen LogP contribution is -2.45. The average molecular weight is 264 g/mol. The number of aliphatic hydroxyl groups excluding tert-OH is 1. The van der Waals surface area contributed by atoms with Crippen LogP contribution < -0.4 is 15.0 Å². The van der Waals surface area contributed by atoms with Gasteiger partial charge in [0.25, 0.3) is 0 Å². The highest BCUT2D eigenvalue weighted by atomic mass is 16.5. The molecule has 2 atom stereocenters. The van der Waals surface area contributed by atoms with Crippen molar-refractivity contribution in [2.75, 3.05) is 31.7 Å². The third-order valence-electron chi connectivity index (χ3n) is 3.34. The Hall–Kier alpha value is -1.59. The lowest BCUT2D eigenvalue weighted by Gasteiger charge is -2.24. The SMILES string of the molecule is COc1ccc(N2CC(C)CNC(CO)C2=O)cc1. The van der Waals surface area contributed by atoms with Crippen LogP contribution in [0.1, 0.15) is 6.92 Å². The molecule has 2 N–H and O–H groups in total. The molecule has 5 nitrogen and oxygen atoms in total. The Kier molecular flexibility index (Phi) is 4.39. The van der Waals surface area contributed by atoms with E-state index in [9.17, 15) is 9.90 Å². The second-order valence-electron chi connectivity index (χ2n) is 4.90. The van der Waals surface area contributed by atoms with Crippen molar-refractivity contribution in [3.05, 3.63) is 24.3 Å². The molecule has 0 saturated carbocycles. The highest BCUT2D eigenvalue weighted by molar-refractivity contribution is 5.97. The van der Waals surface area contributed by atoms with Crippen LogP contribution in [0.5, 0.6) is 5.75 Å². The average Bonchev–Trinajstić information content (AvgIpc) is 2.58. The van der Waals surface area contributed by atoms with Crippen molar-refractivity contribution in [1.29, 1.82) is 0 Å². The van der Waals surface area contributed by atoms with Gasteiger partial charge in [-0.25, -0.2) is 0 Å². The Morgan fingerprint density at radius 2 is 2.11 bits per heavy atom. The van der Waals surface area contributed by atoms with Crippen molar-refractivity contribution in [3.8, 4) is 5.75 Å². The van der Waals surface area contributed by atoms with Crippen LogP contribution in [-0.2, 0) is 4.79 Å². The smallest absolute Gasteiger partial charge is 0.246 e. The summed E-state index contributed by atoms with van der Waals surface area (Å²) in [5.41, 5.74) is 0.833. The number of aliphatic hydroxyl groups is 1. The maximum absolute atomic E-state index is 12.3. The minimum absolute atomic E-state index is 0.0861. The zero-order valence-electron chi connectivity index (χ0n) is 11.3. The zero-order chi connectivity index (χ0) is 13.8. The molecule has 0 spiro atoms. The number of nitrogens with one attached hydrogen (secondary N) is 1. The van der Waals surface area contributed by atoms with Crippen LogP contribution >= 0.6 is 0 Å². The largest absolute Gasteiger partial charge is 0.497 e.